The second-order valence-corrected chi connectivity index (χ2v) is 6.01. The number of rotatable bonds is 3. The molecule has 0 amide bonds. The van der Waals surface area contributed by atoms with Crippen molar-refractivity contribution in [2.45, 2.75) is 19.8 Å². The normalized spacial score (nSPS) is 10.8. The molecule has 3 nitrogen and oxygen atoms in total. The van der Waals surface area contributed by atoms with Crippen LogP contribution in [0.4, 0.5) is 11.5 Å². The van der Waals surface area contributed by atoms with Crippen LogP contribution in [0.1, 0.15) is 25.3 Å². The minimum atomic E-state index is 0.210. The van der Waals surface area contributed by atoms with E-state index < -0.39 is 0 Å². The highest BCUT2D eigenvalue weighted by Crippen LogP contribution is 2.33. The van der Waals surface area contributed by atoms with Crippen LogP contribution in [0, 0.1) is 0 Å². The lowest BCUT2D eigenvalue weighted by atomic mass is 10.1. The molecule has 1 heterocycles. The van der Waals surface area contributed by atoms with Gasteiger partial charge in [-0.05, 0) is 24.1 Å². The fraction of sp³-hybridized carbons (Fsp3) is 0.231. The summed E-state index contributed by atoms with van der Waals surface area (Å²) in [6.45, 7) is 4.08. The van der Waals surface area contributed by atoms with Gasteiger partial charge in [-0.1, -0.05) is 53.0 Å². The van der Waals surface area contributed by atoms with Crippen molar-refractivity contribution in [3.05, 3.63) is 44.7 Å². The lowest BCUT2D eigenvalue weighted by molar-refractivity contribution is 0.850. The second kappa shape index (κ2) is 6.07. The number of benzene rings is 1. The highest BCUT2D eigenvalue weighted by atomic mass is 79.9. The zero-order valence-corrected chi connectivity index (χ0v) is 13.5. The first-order chi connectivity index (χ1) is 8.99. The molecule has 6 heteroatoms. The maximum Gasteiger partial charge on any atom is 0.138 e. The SMILES string of the molecule is CC(C)c1c(Cl)ncnc1Nc1cc(Br)ccc1Cl. The van der Waals surface area contributed by atoms with Crippen molar-refractivity contribution in [1.29, 1.82) is 0 Å². The van der Waals surface area contributed by atoms with E-state index in [1.165, 1.54) is 6.33 Å². The topological polar surface area (TPSA) is 37.8 Å². The molecule has 2 rings (SSSR count). The van der Waals surface area contributed by atoms with Crippen LogP contribution in [-0.4, -0.2) is 9.97 Å². The largest absolute Gasteiger partial charge is 0.339 e. The Balaban J connectivity index is 2.44. The minimum absolute atomic E-state index is 0.210. The maximum absolute atomic E-state index is 6.16. The highest BCUT2D eigenvalue weighted by Gasteiger charge is 2.14. The summed E-state index contributed by atoms with van der Waals surface area (Å²) >= 11 is 15.7. The first-order valence-corrected chi connectivity index (χ1v) is 7.26. The van der Waals surface area contributed by atoms with E-state index >= 15 is 0 Å². The van der Waals surface area contributed by atoms with Crippen LogP contribution >= 0.6 is 39.1 Å². The van der Waals surface area contributed by atoms with Crippen LogP contribution in [0.5, 0.6) is 0 Å². The van der Waals surface area contributed by atoms with E-state index in [1.54, 1.807) is 0 Å². The van der Waals surface area contributed by atoms with E-state index in [4.69, 9.17) is 23.2 Å². The number of aromatic nitrogens is 2. The van der Waals surface area contributed by atoms with Gasteiger partial charge in [-0.3, -0.25) is 0 Å². The summed E-state index contributed by atoms with van der Waals surface area (Å²) in [5.74, 6) is 0.886. The molecule has 0 atom stereocenters. The molecule has 1 aromatic carbocycles. The molecule has 0 bridgehead atoms. The van der Waals surface area contributed by atoms with Crippen molar-refractivity contribution in [3.63, 3.8) is 0 Å². The van der Waals surface area contributed by atoms with Crippen molar-refractivity contribution in [2.75, 3.05) is 5.32 Å². The number of anilines is 2. The van der Waals surface area contributed by atoms with Gasteiger partial charge in [0.05, 0.1) is 10.7 Å². The van der Waals surface area contributed by atoms with Crippen LogP contribution in [0.3, 0.4) is 0 Å². The Kier molecular flexibility index (Phi) is 4.66. The number of halogens is 3. The monoisotopic (exact) mass is 359 g/mol. The molecule has 0 saturated heterocycles. The zero-order chi connectivity index (χ0) is 14.0. The second-order valence-electron chi connectivity index (χ2n) is 4.33. The minimum Gasteiger partial charge on any atom is -0.339 e. The van der Waals surface area contributed by atoms with E-state index in [0.717, 1.165) is 15.7 Å². The van der Waals surface area contributed by atoms with E-state index in [9.17, 15) is 0 Å². The molecule has 0 aliphatic carbocycles. The first-order valence-electron chi connectivity index (χ1n) is 5.71. The molecule has 2 aromatic rings. The Bertz CT molecular complexity index is 602. The average Bonchev–Trinajstić information content (AvgIpc) is 2.33. The van der Waals surface area contributed by atoms with Gasteiger partial charge in [0, 0.05) is 10.0 Å². The lowest BCUT2D eigenvalue weighted by Crippen LogP contribution is -2.03. The van der Waals surface area contributed by atoms with Gasteiger partial charge < -0.3 is 5.32 Å². The Hall–Kier alpha value is -0.840. The molecule has 100 valence electrons. The predicted molar refractivity (Wildman–Crippen MR) is 83.6 cm³/mol. The number of hydrogen-bond donors (Lipinski definition) is 1. The third kappa shape index (κ3) is 3.38. The number of nitrogens with one attached hydrogen (secondary N) is 1. The average molecular weight is 361 g/mol. The Morgan fingerprint density at radius 3 is 2.63 bits per heavy atom. The predicted octanol–water partition coefficient (Wildman–Crippen LogP) is 5.41. The van der Waals surface area contributed by atoms with Crippen LogP contribution in [-0.2, 0) is 0 Å². The highest BCUT2D eigenvalue weighted by molar-refractivity contribution is 9.10. The molecule has 19 heavy (non-hydrogen) atoms. The van der Waals surface area contributed by atoms with Gasteiger partial charge in [0.25, 0.3) is 0 Å². The van der Waals surface area contributed by atoms with Crippen molar-refractivity contribution in [2.24, 2.45) is 0 Å². The fourth-order valence-electron chi connectivity index (χ4n) is 1.71. The van der Waals surface area contributed by atoms with E-state index in [2.05, 4.69) is 31.2 Å². The van der Waals surface area contributed by atoms with Gasteiger partial charge in [-0.15, -0.1) is 0 Å². The summed E-state index contributed by atoms with van der Waals surface area (Å²) in [5, 5.41) is 4.28. The van der Waals surface area contributed by atoms with Crippen LogP contribution < -0.4 is 5.32 Å². The van der Waals surface area contributed by atoms with Gasteiger partial charge in [0.1, 0.15) is 17.3 Å². The van der Waals surface area contributed by atoms with Crippen molar-refractivity contribution in [1.82, 2.24) is 9.97 Å². The quantitative estimate of drug-likeness (QED) is 0.743. The number of nitrogens with zero attached hydrogens (tertiary/aromatic N) is 2. The summed E-state index contributed by atoms with van der Waals surface area (Å²) in [5.41, 5.74) is 1.65. The molecule has 0 unspecified atom stereocenters. The Morgan fingerprint density at radius 1 is 1.21 bits per heavy atom. The molecule has 1 aromatic heterocycles. The summed E-state index contributed by atoms with van der Waals surface area (Å²) in [6.07, 6.45) is 1.43. The molecule has 0 aliphatic heterocycles. The molecule has 0 spiro atoms. The van der Waals surface area contributed by atoms with E-state index in [0.29, 0.717) is 16.0 Å². The van der Waals surface area contributed by atoms with Crippen LogP contribution in [0.15, 0.2) is 29.0 Å². The molecule has 0 saturated carbocycles. The van der Waals surface area contributed by atoms with Gasteiger partial charge in [0.15, 0.2) is 0 Å². The van der Waals surface area contributed by atoms with E-state index in [1.807, 2.05) is 32.0 Å². The first kappa shape index (κ1) is 14.6. The van der Waals surface area contributed by atoms with Gasteiger partial charge in [-0.25, -0.2) is 9.97 Å². The standard InChI is InChI=1S/C13H12BrCl2N3/c1-7(2)11-12(16)17-6-18-13(11)19-10-5-8(14)3-4-9(10)15/h3-7H,1-2H3,(H,17,18,19). The van der Waals surface area contributed by atoms with Gasteiger partial charge in [-0.2, -0.15) is 0 Å². The smallest absolute Gasteiger partial charge is 0.138 e. The Labute approximate surface area is 130 Å². The van der Waals surface area contributed by atoms with Crippen molar-refractivity contribution >= 4 is 50.6 Å². The molecular weight excluding hydrogens is 349 g/mol. The lowest BCUT2D eigenvalue weighted by Gasteiger charge is -2.15. The molecule has 1 N–H and O–H groups in total. The van der Waals surface area contributed by atoms with Gasteiger partial charge in [0.2, 0.25) is 0 Å². The fourth-order valence-corrected chi connectivity index (χ4v) is 2.58. The number of hydrogen-bond acceptors (Lipinski definition) is 3. The maximum atomic E-state index is 6.16. The Morgan fingerprint density at radius 2 is 1.95 bits per heavy atom. The van der Waals surface area contributed by atoms with Crippen LogP contribution in [0.25, 0.3) is 0 Å². The van der Waals surface area contributed by atoms with Crippen molar-refractivity contribution in [3.8, 4) is 0 Å². The molecule has 0 fully saturated rings. The van der Waals surface area contributed by atoms with Gasteiger partial charge >= 0.3 is 0 Å². The van der Waals surface area contributed by atoms with Crippen LogP contribution in [0.2, 0.25) is 10.2 Å². The third-order valence-corrected chi connectivity index (χ3v) is 3.72. The summed E-state index contributed by atoms with van der Waals surface area (Å²) in [4.78, 5) is 8.26. The summed E-state index contributed by atoms with van der Waals surface area (Å²) in [7, 11) is 0. The third-order valence-electron chi connectivity index (χ3n) is 2.59. The zero-order valence-electron chi connectivity index (χ0n) is 10.4. The van der Waals surface area contributed by atoms with E-state index in [-0.39, 0.29) is 5.92 Å². The summed E-state index contributed by atoms with van der Waals surface area (Å²) < 4.78 is 0.936. The van der Waals surface area contributed by atoms with Crippen molar-refractivity contribution < 1.29 is 0 Å². The summed E-state index contributed by atoms with van der Waals surface area (Å²) in [6, 6.07) is 5.58. The molecule has 0 aliphatic rings. The molecular formula is C13H12BrCl2N3. The molecule has 0 radical (unpaired) electrons.